The molecule has 2 aliphatic heterocycles. The van der Waals surface area contributed by atoms with Crippen molar-refractivity contribution in [2.75, 3.05) is 19.8 Å². The molecule has 4 nitrogen and oxygen atoms in total. The summed E-state index contributed by atoms with van der Waals surface area (Å²) in [6.45, 7) is 2.92. The van der Waals surface area contributed by atoms with Gasteiger partial charge in [0.15, 0.2) is 0 Å². The second-order valence-corrected chi connectivity index (χ2v) is 9.33. The van der Waals surface area contributed by atoms with Crippen molar-refractivity contribution in [3.05, 3.63) is 101 Å². The van der Waals surface area contributed by atoms with Gasteiger partial charge in [0.05, 0.1) is 25.3 Å². The molecule has 0 aromatic heterocycles. The minimum absolute atomic E-state index is 0.0267. The molecule has 34 heavy (non-hydrogen) atoms. The van der Waals surface area contributed by atoms with Crippen molar-refractivity contribution in [1.29, 1.82) is 0 Å². The summed E-state index contributed by atoms with van der Waals surface area (Å²) in [5.74, 6) is -0.183. The average molecular weight is 456 g/mol. The molecule has 1 amide bonds. The molecular weight excluding hydrogens is 429 g/mol. The molecule has 172 valence electrons. The highest BCUT2D eigenvalue weighted by Crippen LogP contribution is 2.44. The fraction of sp³-hybridized carbons (Fsp3) is 0.276. The minimum atomic E-state index is -0.314. The number of amides is 1. The summed E-state index contributed by atoms with van der Waals surface area (Å²) in [5, 5.41) is 0. The zero-order chi connectivity index (χ0) is 23.2. The highest BCUT2D eigenvalue weighted by atomic mass is 19.1. The first-order chi connectivity index (χ1) is 16.6. The molecule has 2 unspecified atom stereocenters. The van der Waals surface area contributed by atoms with Crippen LogP contribution in [-0.4, -0.2) is 42.9 Å². The first kappa shape index (κ1) is 21.1. The van der Waals surface area contributed by atoms with Gasteiger partial charge in [-0.25, -0.2) is 9.18 Å². The molecule has 3 aromatic rings. The molecule has 0 saturated carbocycles. The number of ether oxygens (including phenoxy) is 2. The SMILES string of the molecule is Cc1ccc(C2=CC3COCC(C2)N3C(=O)OCC2c3ccccc3-c3ccccc32)cc1F. The second kappa shape index (κ2) is 8.41. The molecule has 1 aliphatic carbocycles. The van der Waals surface area contributed by atoms with Gasteiger partial charge in [0.25, 0.3) is 0 Å². The third-order valence-corrected chi connectivity index (χ3v) is 7.29. The maximum atomic E-state index is 14.2. The number of carbonyl (C=O) groups is 1. The largest absolute Gasteiger partial charge is 0.448 e. The van der Waals surface area contributed by atoms with Crippen molar-refractivity contribution >= 4 is 11.7 Å². The topological polar surface area (TPSA) is 38.8 Å². The zero-order valence-corrected chi connectivity index (χ0v) is 19.0. The Balaban J connectivity index is 1.22. The molecule has 2 atom stereocenters. The first-order valence-electron chi connectivity index (χ1n) is 11.8. The van der Waals surface area contributed by atoms with E-state index in [4.69, 9.17) is 9.47 Å². The van der Waals surface area contributed by atoms with Crippen LogP contribution in [-0.2, 0) is 9.47 Å². The third kappa shape index (κ3) is 3.51. The molecule has 3 aromatic carbocycles. The normalized spacial score (nSPS) is 21.0. The van der Waals surface area contributed by atoms with Gasteiger partial charge in [-0.3, -0.25) is 4.90 Å². The maximum absolute atomic E-state index is 14.2. The lowest BCUT2D eigenvalue weighted by Gasteiger charge is -2.44. The quantitative estimate of drug-likeness (QED) is 0.491. The van der Waals surface area contributed by atoms with E-state index in [2.05, 4.69) is 24.3 Å². The van der Waals surface area contributed by atoms with E-state index in [9.17, 15) is 9.18 Å². The van der Waals surface area contributed by atoms with Gasteiger partial charge in [0, 0.05) is 5.92 Å². The van der Waals surface area contributed by atoms with Crippen molar-refractivity contribution < 1.29 is 18.7 Å². The van der Waals surface area contributed by atoms with E-state index in [-0.39, 0.29) is 29.9 Å². The van der Waals surface area contributed by atoms with E-state index >= 15 is 0 Å². The van der Waals surface area contributed by atoms with Crippen LogP contribution in [0.25, 0.3) is 16.7 Å². The lowest BCUT2D eigenvalue weighted by atomic mass is 9.89. The number of hydrogen-bond acceptors (Lipinski definition) is 3. The van der Waals surface area contributed by atoms with Crippen LogP contribution in [0.15, 0.2) is 72.8 Å². The standard InChI is InChI=1S/C29H26FNO3/c1-18-10-11-19(14-28(18)30)20-12-21-15-33-16-22(13-20)31(21)29(32)34-17-27-25-8-4-2-6-23(25)24-7-3-5-9-26(24)27/h2-12,14,21-22,27H,13,15-17H2,1H3. The van der Waals surface area contributed by atoms with Crippen LogP contribution in [0.2, 0.25) is 0 Å². The first-order valence-corrected chi connectivity index (χ1v) is 11.8. The Kier molecular flexibility index (Phi) is 5.22. The molecule has 6 rings (SSSR count). The zero-order valence-electron chi connectivity index (χ0n) is 19.0. The molecule has 1 fully saturated rings. The van der Waals surface area contributed by atoms with Crippen LogP contribution in [0, 0.1) is 12.7 Å². The number of halogens is 1. The summed E-state index contributed by atoms with van der Waals surface area (Å²) in [4.78, 5) is 15.1. The fourth-order valence-corrected chi connectivity index (χ4v) is 5.56. The molecule has 0 spiro atoms. The van der Waals surface area contributed by atoms with Crippen molar-refractivity contribution in [3.8, 4) is 11.1 Å². The third-order valence-electron chi connectivity index (χ3n) is 7.29. The van der Waals surface area contributed by atoms with Crippen LogP contribution in [0.3, 0.4) is 0 Å². The van der Waals surface area contributed by atoms with Gasteiger partial charge < -0.3 is 9.47 Å². The Morgan fingerprint density at radius 2 is 1.74 bits per heavy atom. The highest BCUT2D eigenvalue weighted by Gasteiger charge is 2.40. The van der Waals surface area contributed by atoms with E-state index in [0.717, 1.165) is 11.1 Å². The van der Waals surface area contributed by atoms with E-state index in [0.29, 0.717) is 31.8 Å². The van der Waals surface area contributed by atoms with Gasteiger partial charge in [-0.05, 0) is 58.4 Å². The minimum Gasteiger partial charge on any atom is -0.448 e. The van der Waals surface area contributed by atoms with Crippen LogP contribution in [0.5, 0.6) is 0 Å². The number of rotatable bonds is 3. The number of nitrogens with zero attached hydrogens (tertiary/aromatic N) is 1. The van der Waals surface area contributed by atoms with Gasteiger partial charge in [-0.2, -0.15) is 0 Å². The monoisotopic (exact) mass is 455 g/mol. The number of aryl methyl sites for hydroxylation is 1. The van der Waals surface area contributed by atoms with Crippen molar-refractivity contribution in [3.63, 3.8) is 0 Å². The van der Waals surface area contributed by atoms with E-state index in [1.54, 1.807) is 19.1 Å². The lowest BCUT2D eigenvalue weighted by Crippen LogP contribution is -2.56. The Morgan fingerprint density at radius 1 is 1.03 bits per heavy atom. The van der Waals surface area contributed by atoms with E-state index in [1.807, 2.05) is 41.3 Å². The van der Waals surface area contributed by atoms with Crippen LogP contribution < -0.4 is 0 Å². The van der Waals surface area contributed by atoms with Gasteiger partial charge in [0.1, 0.15) is 12.4 Å². The van der Waals surface area contributed by atoms with Gasteiger partial charge in [-0.1, -0.05) is 66.7 Å². The molecule has 1 saturated heterocycles. The molecule has 5 heteroatoms. The molecule has 3 aliphatic rings. The summed E-state index contributed by atoms with van der Waals surface area (Å²) in [6, 6.07) is 21.6. The lowest BCUT2D eigenvalue weighted by molar-refractivity contribution is -0.0331. The number of carbonyl (C=O) groups excluding carboxylic acids is 1. The predicted molar refractivity (Wildman–Crippen MR) is 129 cm³/mol. The van der Waals surface area contributed by atoms with E-state index in [1.165, 1.54) is 22.3 Å². The Bertz CT molecular complexity index is 1250. The van der Waals surface area contributed by atoms with Gasteiger partial charge >= 0.3 is 6.09 Å². The molecule has 2 bridgehead atoms. The highest BCUT2D eigenvalue weighted by molar-refractivity contribution is 5.79. The van der Waals surface area contributed by atoms with Crippen molar-refractivity contribution in [2.45, 2.75) is 31.3 Å². The maximum Gasteiger partial charge on any atom is 0.410 e. The predicted octanol–water partition coefficient (Wildman–Crippen LogP) is 5.94. The molecule has 2 heterocycles. The summed E-state index contributed by atoms with van der Waals surface area (Å²) in [7, 11) is 0. The molecular formula is C29H26FNO3. The Labute approximate surface area is 198 Å². The summed E-state index contributed by atoms with van der Waals surface area (Å²) >= 11 is 0. The van der Waals surface area contributed by atoms with Crippen molar-refractivity contribution in [1.82, 2.24) is 4.90 Å². The summed E-state index contributed by atoms with van der Waals surface area (Å²) in [5.41, 5.74) is 7.36. The second-order valence-electron chi connectivity index (χ2n) is 9.33. The number of morpholine rings is 1. The van der Waals surface area contributed by atoms with Crippen LogP contribution >= 0.6 is 0 Å². The van der Waals surface area contributed by atoms with Gasteiger partial charge in [-0.15, -0.1) is 0 Å². The Hall–Kier alpha value is -3.44. The van der Waals surface area contributed by atoms with Crippen molar-refractivity contribution in [2.24, 2.45) is 0 Å². The van der Waals surface area contributed by atoms with Crippen LogP contribution in [0.4, 0.5) is 9.18 Å². The van der Waals surface area contributed by atoms with E-state index < -0.39 is 0 Å². The fourth-order valence-electron chi connectivity index (χ4n) is 5.56. The molecule has 0 N–H and O–H groups in total. The number of fused-ring (bicyclic) bond motifs is 5. The average Bonchev–Trinajstić information content (AvgIpc) is 3.17. The van der Waals surface area contributed by atoms with Crippen LogP contribution in [0.1, 0.15) is 34.6 Å². The molecule has 0 radical (unpaired) electrons. The summed E-state index contributed by atoms with van der Waals surface area (Å²) in [6.07, 6.45) is 2.33. The smallest absolute Gasteiger partial charge is 0.410 e. The summed E-state index contributed by atoms with van der Waals surface area (Å²) < 4.78 is 25.8. The number of benzene rings is 3. The number of hydrogen-bond donors (Lipinski definition) is 0. The Morgan fingerprint density at radius 3 is 2.41 bits per heavy atom. The van der Waals surface area contributed by atoms with Gasteiger partial charge in [0.2, 0.25) is 0 Å².